The summed E-state index contributed by atoms with van der Waals surface area (Å²) in [5.74, 6) is 0.947. The molecule has 3 aliphatic heterocycles. The summed E-state index contributed by atoms with van der Waals surface area (Å²) in [7, 11) is 0. The number of amides is 3. The van der Waals surface area contributed by atoms with Gasteiger partial charge in [-0.15, -0.1) is 0 Å². The fourth-order valence-corrected chi connectivity index (χ4v) is 5.13. The molecule has 3 aliphatic rings. The third-order valence-electron chi connectivity index (χ3n) is 7.06. The van der Waals surface area contributed by atoms with Crippen LogP contribution in [0.15, 0.2) is 36.4 Å². The molecular formula is C27H31N3O6. The third-order valence-corrected chi connectivity index (χ3v) is 7.06. The Morgan fingerprint density at radius 2 is 1.86 bits per heavy atom. The molecule has 3 heterocycles. The molecule has 2 aromatic rings. The molecule has 1 fully saturated rings. The van der Waals surface area contributed by atoms with Gasteiger partial charge < -0.3 is 29.3 Å². The lowest BCUT2D eigenvalue weighted by molar-refractivity contribution is 0.0556. The average Bonchev–Trinajstić information content (AvgIpc) is 3.25. The number of rotatable bonds is 5. The second kappa shape index (κ2) is 10.1. The molecule has 9 nitrogen and oxygen atoms in total. The predicted molar refractivity (Wildman–Crippen MR) is 131 cm³/mol. The summed E-state index contributed by atoms with van der Waals surface area (Å²) in [6, 6.07) is 10.8. The van der Waals surface area contributed by atoms with Crippen LogP contribution in [0.3, 0.4) is 0 Å². The van der Waals surface area contributed by atoms with Gasteiger partial charge in [0.15, 0.2) is 11.5 Å². The summed E-state index contributed by atoms with van der Waals surface area (Å²) in [5.41, 5.74) is 2.60. The molecule has 0 aromatic heterocycles. The molecule has 0 spiro atoms. The minimum Gasteiger partial charge on any atom is -0.486 e. The van der Waals surface area contributed by atoms with Crippen LogP contribution >= 0.6 is 0 Å². The van der Waals surface area contributed by atoms with E-state index in [1.54, 1.807) is 17.9 Å². The summed E-state index contributed by atoms with van der Waals surface area (Å²) in [6.45, 7) is 6.61. The molecular weight excluding hydrogens is 462 g/mol. The Morgan fingerprint density at radius 1 is 1.11 bits per heavy atom. The summed E-state index contributed by atoms with van der Waals surface area (Å²) >= 11 is 0. The quantitative estimate of drug-likeness (QED) is 0.685. The zero-order chi connectivity index (χ0) is 25.2. The Labute approximate surface area is 210 Å². The second-order valence-corrected chi connectivity index (χ2v) is 9.29. The van der Waals surface area contributed by atoms with E-state index in [-0.39, 0.29) is 30.0 Å². The molecule has 3 amide bonds. The number of benzene rings is 2. The van der Waals surface area contributed by atoms with Gasteiger partial charge >= 0.3 is 6.09 Å². The lowest BCUT2D eigenvalue weighted by Crippen LogP contribution is -2.47. The van der Waals surface area contributed by atoms with Crippen molar-refractivity contribution in [3.8, 4) is 11.5 Å². The maximum Gasteiger partial charge on any atom is 0.409 e. The fourth-order valence-electron chi connectivity index (χ4n) is 5.13. The maximum atomic E-state index is 13.5. The number of carbonyl (C=O) groups excluding carboxylic acids is 3. The first-order valence-electron chi connectivity index (χ1n) is 12.5. The summed E-state index contributed by atoms with van der Waals surface area (Å²) in [5, 5.41) is 3.03. The van der Waals surface area contributed by atoms with Crippen LogP contribution in [0.5, 0.6) is 11.5 Å². The van der Waals surface area contributed by atoms with Gasteiger partial charge in [0.1, 0.15) is 13.2 Å². The van der Waals surface area contributed by atoms with Gasteiger partial charge in [0.2, 0.25) is 0 Å². The van der Waals surface area contributed by atoms with E-state index in [4.69, 9.17) is 14.2 Å². The lowest BCUT2D eigenvalue weighted by Gasteiger charge is -2.36. The van der Waals surface area contributed by atoms with Crippen LogP contribution in [-0.4, -0.2) is 66.7 Å². The molecule has 2 aromatic carbocycles. The van der Waals surface area contributed by atoms with Gasteiger partial charge in [0.05, 0.1) is 23.8 Å². The molecule has 9 heteroatoms. The minimum absolute atomic E-state index is 0.0168. The van der Waals surface area contributed by atoms with Crippen molar-refractivity contribution < 1.29 is 28.6 Å². The highest BCUT2D eigenvalue weighted by atomic mass is 16.6. The van der Waals surface area contributed by atoms with E-state index >= 15 is 0 Å². The normalized spacial score (nSPS) is 18.0. The standard InChI is InChI=1S/C27H31N3O6/c1-3-34-27(33)29-11-9-20(10-12-29)30-16-19-5-4-6-21(24(19)26(30)32)25(31)28-17(2)18-7-8-22-23(15-18)36-14-13-35-22/h4-8,15,17,20H,3,9-14,16H2,1-2H3,(H,28,31)/t17-/m1/s1. The van der Waals surface area contributed by atoms with Crippen molar-refractivity contribution in [3.05, 3.63) is 58.7 Å². The molecule has 0 saturated carbocycles. The molecule has 1 N–H and O–H groups in total. The van der Waals surface area contributed by atoms with Crippen molar-refractivity contribution in [2.45, 2.75) is 45.3 Å². The SMILES string of the molecule is CCOC(=O)N1CCC(N2Cc3cccc(C(=O)N[C@H](C)c4ccc5c(c4)OCCO5)c3C2=O)CC1. The van der Waals surface area contributed by atoms with Gasteiger partial charge in [-0.25, -0.2) is 4.79 Å². The van der Waals surface area contributed by atoms with Crippen molar-refractivity contribution in [1.82, 2.24) is 15.1 Å². The highest BCUT2D eigenvalue weighted by Crippen LogP contribution is 2.34. The molecule has 0 radical (unpaired) electrons. The largest absolute Gasteiger partial charge is 0.486 e. The summed E-state index contributed by atoms with van der Waals surface area (Å²) in [4.78, 5) is 42.3. The van der Waals surface area contributed by atoms with E-state index in [0.29, 0.717) is 74.9 Å². The first-order valence-corrected chi connectivity index (χ1v) is 12.5. The number of likely N-dealkylation sites (tertiary alicyclic amines) is 1. The van der Waals surface area contributed by atoms with Crippen LogP contribution in [0.4, 0.5) is 4.79 Å². The predicted octanol–water partition coefficient (Wildman–Crippen LogP) is 3.53. The Hall–Kier alpha value is -3.75. The molecule has 0 unspecified atom stereocenters. The smallest absolute Gasteiger partial charge is 0.409 e. The lowest BCUT2D eigenvalue weighted by atomic mass is 10.0. The number of hydrogen-bond donors (Lipinski definition) is 1. The Morgan fingerprint density at radius 3 is 2.61 bits per heavy atom. The number of piperidine rings is 1. The van der Waals surface area contributed by atoms with Gasteiger partial charge in [-0.2, -0.15) is 0 Å². The van der Waals surface area contributed by atoms with Gasteiger partial charge in [-0.3, -0.25) is 9.59 Å². The molecule has 190 valence electrons. The van der Waals surface area contributed by atoms with Crippen molar-refractivity contribution in [1.29, 1.82) is 0 Å². The highest BCUT2D eigenvalue weighted by Gasteiger charge is 2.37. The molecule has 36 heavy (non-hydrogen) atoms. The third kappa shape index (κ3) is 4.57. The van der Waals surface area contributed by atoms with E-state index < -0.39 is 0 Å². The number of carbonyl (C=O) groups is 3. The molecule has 0 bridgehead atoms. The zero-order valence-corrected chi connectivity index (χ0v) is 20.6. The van der Waals surface area contributed by atoms with E-state index in [1.807, 2.05) is 42.2 Å². The van der Waals surface area contributed by atoms with E-state index in [9.17, 15) is 14.4 Å². The van der Waals surface area contributed by atoms with Crippen molar-refractivity contribution in [2.24, 2.45) is 0 Å². The van der Waals surface area contributed by atoms with Gasteiger partial charge in [-0.05, 0) is 56.0 Å². The summed E-state index contributed by atoms with van der Waals surface area (Å²) < 4.78 is 16.3. The number of hydrogen-bond acceptors (Lipinski definition) is 6. The number of fused-ring (bicyclic) bond motifs is 2. The number of nitrogens with one attached hydrogen (secondary N) is 1. The minimum atomic E-state index is -0.307. The van der Waals surface area contributed by atoms with Crippen LogP contribution in [0.25, 0.3) is 0 Å². The summed E-state index contributed by atoms with van der Waals surface area (Å²) in [6.07, 6.45) is 1.06. The Bertz CT molecular complexity index is 1170. The maximum absolute atomic E-state index is 13.5. The zero-order valence-electron chi connectivity index (χ0n) is 20.6. The van der Waals surface area contributed by atoms with Crippen molar-refractivity contribution in [3.63, 3.8) is 0 Å². The highest BCUT2D eigenvalue weighted by molar-refractivity contribution is 6.09. The van der Waals surface area contributed by atoms with E-state index in [1.165, 1.54) is 0 Å². The Balaban J connectivity index is 1.27. The van der Waals surface area contributed by atoms with Gasteiger partial charge in [-0.1, -0.05) is 18.2 Å². The van der Waals surface area contributed by atoms with Gasteiger partial charge in [0, 0.05) is 25.7 Å². The molecule has 0 aliphatic carbocycles. The fraction of sp³-hybridized carbons (Fsp3) is 0.444. The van der Waals surface area contributed by atoms with Crippen LogP contribution in [-0.2, 0) is 11.3 Å². The monoisotopic (exact) mass is 493 g/mol. The van der Waals surface area contributed by atoms with Gasteiger partial charge in [0.25, 0.3) is 11.8 Å². The van der Waals surface area contributed by atoms with Crippen molar-refractivity contribution in [2.75, 3.05) is 32.9 Å². The first kappa shape index (κ1) is 24.0. The topological polar surface area (TPSA) is 97.4 Å². The van der Waals surface area contributed by atoms with Crippen LogP contribution in [0, 0.1) is 0 Å². The first-order chi connectivity index (χ1) is 17.5. The van der Waals surface area contributed by atoms with E-state index in [0.717, 1.165) is 11.1 Å². The number of ether oxygens (including phenoxy) is 3. The molecule has 1 atom stereocenters. The van der Waals surface area contributed by atoms with E-state index in [2.05, 4.69) is 5.32 Å². The van der Waals surface area contributed by atoms with Crippen LogP contribution < -0.4 is 14.8 Å². The Kier molecular flexibility index (Phi) is 6.71. The average molecular weight is 494 g/mol. The molecule has 5 rings (SSSR count). The van der Waals surface area contributed by atoms with Crippen molar-refractivity contribution >= 4 is 17.9 Å². The van der Waals surface area contributed by atoms with Crippen LogP contribution in [0.2, 0.25) is 0 Å². The number of nitrogens with zero attached hydrogens (tertiary/aromatic N) is 2. The van der Waals surface area contributed by atoms with Crippen LogP contribution in [0.1, 0.15) is 64.6 Å². The molecule has 1 saturated heterocycles. The second-order valence-electron chi connectivity index (χ2n) is 9.29.